The van der Waals surface area contributed by atoms with E-state index in [0.717, 1.165) is 16.9 Å². The topological polar surface area (TPSA) is 69.0 Å². The molecule has 3 aromatic rings. The molecule has 3 rings (SSSR count). The van der Waals surface area contributed by atoms with E-state index in [-0.39, 0.29) is 23.0 Å². The van der Waals surface area contributed by atoms with Crippen molar-refractivity contribution in [1.29, 1.82) is 0 Å². The van der Waals surface area contributed by atoms with Crippen LogP contribution in [0.2, 0.25) is 0 Å². The summed E-state index contributed by atoms with van der Waals surface area (Å²) in [5.74, 6) is 1.06. The SMILES string of the molecule is COc1ccc(-c2nnc(SC(C)C(=O)NC(C)c3ccc(F)cc3)n2C)cc1. The predicted octanol–water partition coefficient (Wildman–Crippen LogP) is 3.99. The largest absolute Gasteiger partial charge is 0.497 e. The molecule has 0 spiro atoms. The molecule has 2 unspecified atom stereocenters. The monoisotopic (exact) mass is 414 g/mol. The first-order chi connectivity index (χ1) is 13.9. The number of aromatic nitrogens is 3. The molecule has 2 aromatic carbocycles. The van der Waals surface area contributed by atoms with Gasteiger partial charge in [0.1, 0.15) is 11.6 Å². The molecular weight excluding hydrogens is 391 g/mol. The van der Waals surface area contributed by atoms with Crippen molar-refractivity contribution < 1.29 is 13.9 Å². The van der Waals surface area contributed by atoms with Gasteiger partial charge in [-0.05, 0) is 55.8 Å². The first-order valence-electron chi connectivity index (χ1n) is 9.15. The second-order valence-corrected chi connectivity index (χ2v) is 7.94. The molecule has 29 heavy (non-hydrogen) atoms. The molecule has 0 aliphatic carbocycles. The standard InChI is InChI=1S/C21H23FN4O2S/c1-13(15-5-9-17(22)10-6-15)23-20(27)14(2)29-21-25-24-19(26(21)3)16-7-11-18(28-4)12-8-16/h5-14H,1-4H3,(H,23,27). The highest BCUT2D eigenvalue weighted by Gasteiger charge is 2.21. The molecule has 0 aliphatic rings. The van der Waals surface area contributed by atoms with Crippen LogP contribution in [0.15, 0.2) is 53.7 Å². The van der Waals surface area contributed by atoms with Gasteiger partial charge in [-0.25, -0.2) is 4.39 Å². The van der Waals surface area contributed by atoms with E-state index in [1.807, 2.05) is 49.7 Å². The third-order valence-electron chi connectivity index (χ3n) is 4.56. The minimum Gasteiger partial charge on any atom is -0.497 e. The average molecular weight is 415 g/mol. The van der Waals surface area contributed by atoms with E-state index in [9.17, 15) is 9.18 Å². The summed E-state index contributed by atoms with van der Waals surface area (Å²) < 4.78 is 20.1. The summed E-state index contributed by atoms with van der Waals surface area (Å²) in [6.07, 6.45) is 0. The zero-order chi connectivity index (χ0) is 21.0. The van der Waals surface area contributed by atoms with Crippen LogP contribution in [-0.4, -0.2) is 33.0 Å². The van der Waals surface area contributed by atoms with Crippen molar-refractivity contribution >= 4 is 17.7 Å². The van der Waals surface area contributed by atoms with Gasteiger partial charge < -0.3 is 14.6 Å². The summed E-state index contributed by atoms with van der Waals surface area (Å²) in [5.41, 5.74) is 1.76. The molecule has 0 fully saturated rings. The van der Waals surface area contributed by atoms with Crippen molar-refractivity contribution in [3.05, 3.63) is 59.9 Å². The maximum Gasteiger partial charge on any atom is 0.233 e. The fraction of sp³-hybridized carbons (Fsp3) is 0.286. The number of methoxy groups -OCH3 is 1. The van der Waals surface area contributed by atoms with Gasteiger partial charge in [0.15, 0.2) is 11.0 Å². The lowest BCUT2D eigenvalue weighted by Crippen LogP contribution is -2.33. The number of carbonyl (C=O) groups is 1. The molecule has 1 N–H and O–H groups in total. The summed E-state index contributed by atoms with van der Waals surface area (Å²) in [6, 6.07) is 13.4. The van der Waals surface area contributed by atoms with Crippen LogP contribution < -0.4 is 10.1 Å². The van der Waals surface area contributed by atoms with E-state index >= 15 is 0 Å². The number of amides is 1. The number of nitrogens with one attached hydrogen (secondary N) is 1. The second kappa shape index (κ2) is 9.09. The molecule has 6 nitrogen and oxygen atoms in total. The quantitative estimate of drug-likeness (QED) is 0.592. The Morgan fingerprint density at radius 1 is 1.10 bits per heavy atom. The van der Waals surface area contributed by atoms with E-state index < -0.39 is 0 Å². The molecule has 0 bridgehead atoms. The van der Waals surface area contributed by atoms with E-state index in [1.54, 1.807) is 19.2 Å². The molecule has 2 atom stereocenters. The molecule has 1 heterocycles. The van der Waals surface area contributed by atoms with Gasteiger partial charge in [0.05, 0.1) is 18.4 Å². The van der Waals surface area contributed by atoms with Crippen LogP contribution in [0.5, 0.6) is 5.75 Å². The third-order valence-corrected chi connectivity index (χ3v) is 5.70. The molecule has 8 heteroatoms. The van der Waals surface area contributed by atoms with E-state index in [0.29, 0.717) is 11.0 Å². The Hall–Kier alpha value is -2.87. The Bertz CT molecular complexity index is 973. The number of rotatable bonds is 7. The second-order valence-electron chi connectivity index (χ2n) is 6.64. The zero-order valence-electron chi connectivity index (χ0n) is 16.7. The van der Waals surface area contributed by atoms with Gasteiger partial charge in [0.25, 0.3) is 0 Å². The highest BCUT2D eigenvalue weighted by atomic mass is 32.2. The van der Waals surface area contributed by atoms with Gasteiger partial charge in [-0.15, -0.1) is 10.2 Å². The smallest absolute Gasteiger partial charge is 0.233 e. The summed E-state index contributed by atoms with van der Waals surface area (Å²) in [5, 5.41) is 11.7. The van der Waals surface area contributed by atoms with Crippen LogP contribution in [0.1, 0.15) is 25.5 Å². The van der Waals surface area contributed by atoms with Crippen molar-refractivity contribution in [3.63, 3.8) is 0 Å². The predicted molar refractivity (Wildman–Crippen MR) is 111 cm³/mol. The van der Waals surface area contributed by atoms with Gasteiger partial charge in [-0.1, -0.05) is 23.9 Å². The fourth-order valence-corrected chi connectivity index (χ4v) is 3.61. The Morgan fingerprint density at radius 3 is 2.38 bits per heavy atom. The molecule has 0 saturated carbocycles. The van der Waals surface area contributed by atoms with Crippen LogP contribution in [0.3, 0.4) is 0 Å². The zero-order valence-corrected chi connectivity index (χ0v) is 17.5. The van der Waals surface area contributed by atoms with Crippen LogP contribution in [-0.2, 0) is 11.8 Å². The molecule has 152 valence electrons. The molecule has 1 amide bonds. The number of hydrogen-bond acceptors (Lipinski definition) is 5. The summed E-state index contributed by atoms with van der Waals surface area (Å²) in [7, 11) is 3.49. The highest BCUT2D eigenvalue weighted by Crippen LogP contribution is 2.27. The number of halogens is 1. The molecule has 1 aromatic heterocycles. The van der Waals surface area contributed by atoms with Gasteiger partial charge >= 0.3 is 0 Å². The molecule has 0 radical (unpaired) electrons. The lowest BCUT2D eigenvalue weighted by molar-refractivity contribution is -0.120. The lowest BCUT2D eigenvalue weighted by Gasteiger charge is -2.17. The van der Waals surface area contributed by atoms with Crippen molar-refractivity contribution in [2.24, 2.45) is 7.05 Å². The number of nitrogens with zero attached hydrogens (tertiary/aromatic N) is 3. The highest BCUT2D eigenvalue weighted by molar-refractivity contribution is 8.00. The Balaban J connectivity index is 1.65. The number of thioether (sulfide) groups is 1. The van der Waals surface area contributed by atoms with Crippen molar-refractivity contribution in [2.45, 2.75) is 30.3 Å². The van der Waals surface area contributed by atoms with Crippen molar-refractivity contribution in [3.8, 4) is 17.1 Å². The summed E-state index contributed by atoms with van der Waals surface area (Å²) >= 11 is 1.33. The van der Waals surface area contributed by atoms with E-state index in [2.05, 4.69) is 15.5 Å². The molecule has 0 saturated heterocycles. The first-order valence-corrected chi connectivity index (χ1v) is 10.0. The van der Waals surface area contributed by atoms with Crippen LogP contribution in [0.4, 0.5) is 4.39 Å². The summed E-state index contributed by atoms with van der Waals surface area (Å²) in [4.78, 5) is 12.6. The number of benzene rings is 2. The normalized spacial score (nSPS) is 13.0. The van der Waals surface area contributed by atoms with Gasteiger partial charge in [-0.3, -0.25) is 4.79 Å². The van der Waals surface area contributed by atoms with Gasteiger partial charge in [-0.2, -0.15) is 0 Å². The first kappa shape index (κ1) is 20.9. The molecular formula is C21H23FN4O2S. The van der Waals surface area contributed by atoms with E-state index in [1.165, 1.54) is 23.9 Å². The van der Waals surface area contributed by atoms with Gasteiger partial charge in [0.2, 0.25) is 5.91 Å². The minimum absolute atomic E-state index is 0.124. The fourth-order valence-electron chi connectivity index (χ4n) is 2.79. The van der Waals surface area contributed by atoms with Crippen molar-refractivity contribution in [2.75, 3.05) is 7.11 Å². The Kier molecular flexibility index (Phi) is 6.53. The number of carbonyl (C=O) groups excluding carboxylic acids is 1. The number of ether oxygens (including phenoxy) is 1. The maximum atomic E-state index is 13.1. The van der Waals surface area contributed by atoms with E-state index in [4.69, 9.17) is 4.74 Å². The van der Waals surface area contributed by atoms with Gasteiger partial charge in [0, 0.05) is 12.6 Å². The van der Waals surface area contributed by atoms with Crippen LogP contribution >= 0.6 is 11.8 Å². The third kappa shape index (κ3) is 4.95. The average Bonchev–Trinajstić information content (AvgIpc) is 3.08. The maximum absolute atomic E-state index is 13.1. The minimum atomic E-state index is -0.371. The molecule has 0 aliphatic heterocycles. The summed E-state index contributed by atoms with van der Waals surface area (Å²) in [6.45, 7) is 3.69. The van der Waals surface area contributed by atoms with Crippen LogP contribution in [0.25, 0.3) is 11.4 Å². The number of hydrogen-bond donors (Lipinski definition) is 1. The van der Waals surface area contributed by atoms with Crippen LogP contribution in [0, 0.1) is 5.82 Å². The lowest BCUT2D eigenvalue weighted by atomic mass is 10.1. The Labute approximate surface area is 173 Å². The van der Waals surface area contributed by atoms with Crippen molar-refractivity contribution in [1.82, 2.24) is 20.1 Å². The Morgan fingerprint density at radius 2 is 1.76 bits per heavy atom.